The zero-order valence-corrected chi connectivity index (χ0v) is 17.4. The summed E-state index contributed by atoms with van der Waals surface area (Å²) >= 11 is 0. The average molecular weight is 419 g/mol. The van der Waals surface area contributed by atoms with Crippen LogP contribution in [0, 0.1) is 6.92 Å². The van der Waals surface area contributed by atoms with Gasteiger partial charge in [0.05, 0.1) is 6.54 Å². The Bertz CT molecular complexity index is 1150. The van der Waals surface area contributed by atoms with Crippen molar-refractivity contribution in [3.05, 3.63) is 76.3 Å². The van der Waals surface area contributed by atoms with Crippen molar-refractivity contribution in [1.82, 2.24) is 19.6 Å². The Morgan fingerprint density at radius 1 is 1.13 bits per heavy atom. The van der Waals surface area contributed by atoms with Crippen LogP contribution in [0.3, 0.4) is 0 Å². The number of nitrogens with one attached hydrogen (secondary N) is 2. The van der Waals surface area contributed by atoms with Gasteiger partial charge in [0.15, 0.2) is 0 Å². The van der Waals surface area contributed by atoms with E-state index in [0.717, 1.165) is 11.3 Å². The van der Waals surface area contributed by atoms with Crippen LogP contribution in [0.1, 0.15) is 28.8 Å². The average Bonchev–Trinajstić information content (AvgIpc) is 2.76. The molecule has 3 heterocycles. The fourth-order valence-electron chi connectivity index (χ4n) is 3.76. The van der Waals surface area contributed by atoms with Crippen molar-refractivity contribution < 1.29 is 9.59 Å². The third kappa shape index (κ3) is 4.97. The van der Waals surface area contributed by atoms with E-state index in [1.54, 1.807) is 18.3 Å². The summed E-state index contributed by atoms with van der Waals surface area (Å²) in [6.45, 7) is 3.62. The van der Waals surface area contributed by atoms with Gasteiger partial charge in [-0.05, 0) is 49.6 Å². The highest BCUT2D eigenvalue weighted by Gasteiger charge is 2.24. The van der Waals surface area contributed by atoms with Crippen molar-refractivity contribution >= 4 is 23.1 Å². The smallest absolute Gasteiger partial charge is 0.270 e. The molecule has 31 heavy (non-hydrogen) atoms. The van der Waals surface area contributed by atoms with Gasteiger partial charge in [0.2, 0.25) is 5.91 Å². The zero-order valence-electron chi connectivity index (χ0n) is 17.4. The van der Waals surface area contributed by atoms with E-state index in [0.29, 0.717) is 38.1 Å². The second-order valence-electron chi connectivity index (χ2n) is 7.85. The van der Waals surface area contributed by atoms with Gasteiger partial charge in [0, 0.05) is 37.2 Å². The number of fused-ring (bicyclic) bond motifs is 1. The lowest BCUT2D eigenvalue weighted by Crippen LogP contribution is -2.47. The van der Waals surface area contributed by atoms with Crippen LogP contribution in [0.4, 0.5) is 5.69 Å². The quantitative estimate of drug-likeness (QED) is 0.658. The number of aryl methyl sites for hydroxylation is 1. The second kappa shape index (κ2) is 9.09. The van der Waals surface area contributed by atoms with Gasteiger partial charge < -0.3 is 10.6 Å². The minimum atomic E-state index is -0.409. The maximum atomic E-state index is 12.7. The van der Waals surface area contributed by atoms with E-state index in [2.05, 4.69) is 20.5 Å². The number of piperidine rings is 1. The first-order valence-electron chi connectivity index (χ1n) is 10.4. The predicted octanol–water partition coefficient (Wildman–Crippen LogP) is 1.84. The van der Waals surface area contributed by atoms with E-state index in [-0.39, 0.29) is 23.1 Å². The molecule has 0 atom stereocenters. The van der Waals surface area contributed by atoms with E-state index >= 15 is 0 Å². The van der Waals surface area contributed by atoms with Crippen LogP contribution < -0.4 is 16.2 Å². The van der Waals surface area contributed by atoms with Crippen LogP contribution in [-0.2, 0) is 4.79 Å². The third-order valence-electron chi connectivity index (χ3n) is 5.46. The van der Waals surface area contributed by atoms with Crippen LogP contribution >= 0.6 is 0 Å². The first kappa shape index (κ1) is 20.7. The van der Waals surface area contributed by atoms with Gasteiger partial charge in [0.25, 0.3) is 11.5 Å². The maximum absolute atomic E-state index is 12.7. The standard InChI is InChI=1S/C23H25N5O3/c1-16-7-12-28-20(13-16)24-14-19(23(28)31)22(30)26-18-8-10-27(11-9-18)15-21(29)25-17-5-3-2-4-6-17/h2-7,12-14,18H,8-11,15H2,1H3,(H,25,29)(H,26,30). The minimum absolute atomic E-state index is 0.0334. The van der Waals surface area contributed by atoms with Crippen LogP contribution in [0.15, 0.2) is 59.7 Å². The van der Waals surface area contributed by atoms with Gasteiger partial charge in [-0.3, -0.25) is 23.7 Å². The molecule has 0 saturated carbocycles. The van der Waals surface area contributed by atoms with Crippen molar-refractivity contribution in [3.63, 3.8) is 0 Å². The molecule has 8 nitrogen and oxygen atoms in total. The number of likely N-dealkylation sites (tertiary alicyclic amines) is 1. The summed E-state index contributed by atoms with van der Waals surface area (Å²) < 4.78 is 1.38. The summed E-state index contributed by atoms with van der Waals surface area (Å²) in [7, 11) is 0. The molecule has 1 fully saturated rings. The molecule has 0 bridgehead atoms. The Balaban J connectivity index is 1.31. The Hall–Kier alpha value is -3.52. The summed E-state index contributed by atoms with van der Waals surface area (Å²) in [6.07, 6.45) is 4.41. The van der Waals surface area contributed by atoms with Gasteiger partial charge in [-0.25, -0.2) is 4.98 Å². The van der Waals surface area contributed by atoms with Crippen molar-refractivity contribution in [2.45, 2.75) is 25.8 Å². The lowest BCUT2D eigenvalue weighted by atomic mass is 10.0. The summed E-state index contributed by atoms with van der Waals surface area (Å²) in [5.74, 6) is -0.466. The number of anilines is 1. The highest BCUT2D eigenvalue weighted by molar-refractivity contribution is 5.94. The molecule has 2 aromatic heterocycles. The maximum Gasteiger partial charge on any atom is 0.270 e. The fourth-order valence-corrected chi connectivity index (χ4v) is 3.76. The molecule has 4 rings (SSSR count). The van der Waals surface area contributed by atoms with E-state index in [4.69, 9.17) is 0 Å². The summed E-state index contributed by atoms with van der Waals surface area (Å²) in [4.78, 5) is 43.9. The van der Waals surface area contributed by atoms with Crippen LogP contribution in [0.5, 0.6) is 0 Å². The lowest BCUT2D eigenvalue weighted by molar-refractivity contribution is -0.117. The predicted molar refractivity (Wildman–Crippen MR) is 118 cm³/mol. The Morgan fingerprint density at radius 2 is 1.87 bits per heavy atom. The monoisotopic (exact) mass is 419 g/mol. The Kier molecular flexibility index (Phi) is 6.08. The number of hydrogen-bond donors (Lipinski definition) is 2. The normalized spacial score (nSPS) is 15.0. The van der Waals surface area contributed by atoms with Crippen LogP contribution in [0.25, 0.3) is 5.65 Å². The Morgan fingerprint density at radius 3 is 2.61 bits per heavy atom. The highest BCUT2D eigenvalue weighted by atomic mass is 16.2. The number of aromatic nitrogens is 2. The summed E-state index contributed by atoms with van der Waals surface area (Å²) in [5, 5.41) is 5.83. The lowest BCUT2D eigenvalue weighted by Gasteiger charge is -2.31. The van der Waals surface area contributed by atoms with Crippen molar-refractivity contribution in [2.75, 3.05) is 25.0 Å². The number of carbonyl (C=O) groups is 2. The minimum Gasteiger partial charge on any atom is -0.349 e. The molecule has 0 aliphatic carbocycles. The topological polar surface area (TPSA) is 95.8 Å². The molecular formula is C23H25N5O3. The molecule has 1 saturated heterocycles. The summed E-state index contributed by atoms with van der Waals surface area (Å²) in [6, 6.07) is 12.9. The summed E-state index contributed by atoms with van der Waals surface area (Å²) in [5.41, 5.74) is 1.94. The SMILES string of the molecule is Cc1ccn2c(=O)c(C(=O)NC3CCN(CC(=O)Nc4ccccc4)CC3)cnc2c1. The molecule has 8 heteroatoms. The molecule has 2 amide bonds. The fraction of sp³-hybridized carbons (Fsp3) is 0.304. The van der Waals surface area contributed by atoms with Crippen molar-refractivity contribution in [3.8, 4) is 0 Å². The molecule has 3 aromatic rings. The number of rotatable bonds is 5. The molecular weight excluding hydrogens is 394 g/mol. The van der Waals surface area contributed by atoms with Gasteiger partial charge in [-0.15, -0.1) is 0 Å². The first-order valence-corrected chi connectivity index (χ1v) is 10.4. The third-order valence-corrected chi connectivity index (χ3v) is 5.46. The number of nitrogens with zero attached hydrogens (tertiary/aromatic N) is 3. The van der Waals surface area contributed by atoms with E-state index < -0.39 is 5.91 Å². The number of para-hydroxylation sites is 1. The Labute approximate surface area is 179 Å². The molecule has 1 aromatic carbocycles. The molecule has 160 valence electrons. The van der Waals surface area contributed by atoms with Gasteiger partial charge in [-0.2, -0.15) is 0 Å². The van der Waals surface area contributed by atoms with Crippen LogP contribution in [0.2, 0.25) is 0 Å². The molecule has 1 aliphatic rings. The van der Waals surface area contributed by atoms with E-state index in [9.17, 15) is 14.4 Å². The van der Waals surface area contributed by atoms with E-state index in [1.807, 2.05) is 37.3 Å². The highest BCUT2D eigenvalue weighted by Crippen LogP contribution is 2.12. The molecule has 2 N–H and O–H groups in total. The largest absolute Gasteiger partial charge is 0.349 e. The number of hydrogen-bond acceptors (Lipinski definition) is 5. The second-order valence-corrected chi connectivity index (χ2v) is 7.85. The molecule has 0 unspecified atom stereocenters. The number of amides is 2. The molecule has 0 radical (unpaired) electrons. The molecule has 0 spiro atoms. The first-order chi connectivity index (χ1) is 15.0. The number of pyridine rings is 1. The number of carbonyl (C=O) groups excluding carboxylic acids is 2. The van der Waals surface area contributed by atoms with Crippen molar-refractivity contribution in [1.29, 1.82) is 0 Å². The zero-order chi connectivity index (χ0) is 21.8. The van der Waals surface area contributed by atoms with Crippen LogP contribution in [-0.4, -0.2) is 51.8 Å². The van der Waals surface area contributed by atoms with Crippen molar-refractivity contribution in [2.24, 2.45) is 0 Å². The van der Waals surface area contributed by atoms with Gasteiger partial charge in [-0.1, -0.05) is 18.2 Å². The van der Waals surface area contributed by atoms with Gasteiger partial charge in [0.1, 0.15) is 11.2 Å². The van der Waals surface area contributed by atoms with Gasteiger partial charge >= 0.3 is 0 Å². The number of benzene rings is 1. The van der Waals surface area contributed by atoms with E-state index in [1.165, 1.54) is 10.6 Å². The molecule has 1 aliphatic heterocycles.